The van der Waals surface area contributed by atoms with Crippen LogP contribution in [0.5, 0.6) is 0 Å². The fraction of sp³-hybridized carbons (Fsp3) is 0.200. The van der Waals surface area contributed by atoms with Crippen LogP contribution < -0.4 is 10.6 Å². The van der Waals surface area contributed by atoms with Gasteiger partial charge in [0.1, 0.15) is 6.04 Å². The molecule has 4 rings (SSSR count). The Morgan fingerprint density at radius 3 is 2.67 bits per heavy atom. The van der Waals surface area contributed by atoms with Crippen LogP contribution in [0.4, 0.5) is 5.69 Å². The molecule has 1 saturated heterocycles. The molecule has 2 aliphatic heterocycles. The van der Waals surface area contributed by atoms with E-state index in [-0.39, 0.29) is 19.4 Å². The number of nitrogens with zero attached hydrogens (tertiary/aromatic N) is 1. The molecule has 7 nitrogen and oxygen atoms in total. The van der Waals surface area contributed by atoms with Gasteiger partial charge in [-0.2, -0.15) is 0 Å². The van der Waals surface area contributed by atoms with E-state index in [1.165, 1.54) is 0 Å². The van der Waals surface area contributed by atoms with Gasteiger partial charge in [-0.05, 0) is 30.0 Å². The Morgan fingerprint density at radius 2 is 1.93 bits per heavy atom. The molecule has 1 atom stereocenters. The molecule has 0 aliphatic carbocycles. The number of benzene rings is 2. The molecule has 2 aromatic carbocycles. The van der Waals surface area contributed by atoms with Gasteiger partial charge < -0.3 is 5.32 Å². The fourth-order valence-corrected chi connectivity index (χ4v) is 3.59. The number of carbonyl (C=O) groups excluding carboxylic acids is 4. The first-order chi connectivity index (χ1) is 13.0. The van der Waals surface area contributed by atoms with E-state index >= 15 is 0 Å². The van der Waals surface area contributed by atoms with Crippen molar-refractivity contribution in [1.29, 1.82) is 0 Å². The van der Waals surface area contributed by atoms with E-state index in [1.807, 2.05) is 12.1 Å². The Balaban J connectivity index is 1.84. The van der Waals surface area contributed by atoms with Gasteiger partial charge in [0.25, 0.3) is 11.8 Å². The van der Waals surface area contributed by atoms with Crippen molar-refractivity contribution >= 4 is 40.1 Å². The highest BCUT2D eigenvalue weighted by atomic mass is 16.2. The number of piperidine rings is 1. The van der Waals surface area contributed by atoms with E-state index in [1.54, 1.807) is 18.2 Å². The number of carbonyl (C=O) groups is 4. The lowest BCUT2D eigenvalue weighted by Crippen LogP contribution is -2.57. The van der Waals surface area contributed by atoms with Crippen molar-refractivity contribution in [1.82, 2.24) is 10.2 Å². The van der Waals surface area contributed by atoms with E-state index in [9.17, 15) is 19.2 Å². The molecule has 0 saturated carbocycles. The van der Waals surface area contributed by atoms with Crippen molar-refractivity contribution in [3.63, 3.8) is 0 Å². The van der Waals surface area contributed by atoms with Crippen LogP contribution >= 0.6 is 0 Å². The third-order valence-electron chi connectivity index (χ3n) is 4.79. The summed E-state index contributed by atoms with van der Waals surface area (Å²) in [5.74, 6) is 0.346. The minimum absolute atomic E-state index is 0.0777. The Morgan fingerprint density at radius 1 is 1.15 bits per heavy atom. The molecule has 1 fully saturated rings. The van der Waals surface area contributed by atoms with Crippen LogP contribution in [-0.4, -0.2) is 41.1 Å². The highest BCUT2D eigenvalue weighted by Crippen LogP contribution is 2.34. The molecule has 1 unspecified atom stereocenters. The summed E-state index contributed by atoms with van der Waals surface area (Å²) in [6.45, 7) is 0.286. The maximum absolute atomic E-state index is 13.1. The molecular formula is C20H15N3O4. The average Bonchev–Trinajstić information content (AvgIpc) is 2.65. The van der Waals surface area contributed by atoms with Crippen molar-refractivity contribution < 1.29 is 19.2 Å². The monoisotopic (exact) mass is 361 g/mol. The first-order valence-electron chi connectivity index (χ1n) is 8.47. The Labute approximate surface area is 154 Å². The molecule has 2 aliphatic rings. The van der Waals surface area contributed by atoms with Gasteiger partial charge in [0.2, 0.25) is 11.8 Å². The molecule has 0 radical (unpaired) electrons. The maximum Gasteiger partial charge on any atom is 0.262 e. The zero-order valence-electron chi connectivity index (χ0n) is 14.2. The Bertz CT molecular complexity index is 1070. The van der Waals surface area contributed by atoms with Crippen molar-refractivity contribution in [3.8, 4) is 12.3 Å². The first-order valence-corrected chi connectivity index (χ1v) is 8.47. The standard InChI is InChI=1S/C20H15N3O4/c1-2-8-21-12-9-11-4-3-5-13-17(11)14(10-12)20(27)23(19(13)26)15-6-7-16(24)22-18(15)25/h1,3-5,9-10,15,21H,6-8H2,(H,22,24,25). The molecule has 0 aromatic heterocycles. The molecule has 2 heterocycles. The molecule has 2 aromatic rings. The number of anilines is 1. The SMILES string of the molecule is C#CCNc1cc2c3c(cccc3c1)C(=O)N(C1CCC(=O)NC1=O)C2=O. The third kappa shape index (κ3) is 2.62. The topological polar surface area (TPSA) is 95.6 Å². The van der Waals surface area contributed by atoms with Gasteiger partial charge in [-0.1, -0.05) is 18.1 Å². The lowest BCUT2D eigenvalue weighted by Gasteiger charge is -2.34. The van der Waals surface area contributed by atoms with Crippen molar-refractivity contribution in [2.45, 2.75) is 18.9 Å². The van der Waals surface area contributed by atoms with Crippen LogP contribution in [0.2, 0.25) is 0 Å². The largest absolute Gasteiger partial charge is 0.374 e. The van der Waals surface area contributed by atoms with Gasteiger partial charge in [0.15, 0.2) is 0 Å². The molecule has 0 spiro atoms. The van der Waals surface area contributed by atoms with E-state index in [2.05, 4.69) is 16.6 Å². The smallest absolute Gasteiger partial charge is 0.262 e. The number of imide groups is 2. The molecule has 7 heteroatoms. The van der Waals surface area contributed by atoms with Crippen LogP contribution in [0.25, 0.3) is 10.8 Å². The first kappa shape index (κ1) is 16.8. The Kier molecular flexibility index (Phi) is 3.89. The van der Waals surface area contributed by atoms with Gasteiger partial charge in [0.05, 0.1) is 12.1 Å². The number of amides is 4. The second-order valence-electron chi connectivity index (χ2n) is 6.43. The lowest BCUT2D eigenvalue weighted by molar-refractivity contribution is -0.136. The zero-order valence-corrected chi connectivity index (χ0v) is 14.2. The minimum Gasteiger partial charge on any atom is -0.374 e. The van der Waals surface area contributed by atoms with Gasteiger partial charge >= 0.3 is 0 Å². The number of rotatable bonds is 3. The van der Waals surface area contributed by atoms with Gasteiger partial charge in [-0.15, -0.1) is 6.42 Å². The fourth-order valence-electron chi connectivity index (χ4n) is 3.59. The van der Waals surface area contributed by atoms with Gasteiger partial charge in [-0.25, -0.2) is 0 Å². The maximum atomic E-state index is 13.1. The van der Waals surface area contributed by atoms with Crippen molar-refractivity contribution in [2.24, 2.45) is 0 Å². The summed E-state index contributed by atoms with van der Waals surface area (Å²) in [6, 6.07) is 7.62. The number of hydrogen-bond acceptors (Lipinski definition) is 5. The summed E-state index contributed by atoms with van der Waals surface area (Å²) in [4.78, 5) is 50.8. The number of nitrogens with one attached hydrogen (secondary N) is 2. The predicted octanol–water partition coefficient (Wildman–Crippen LogP) is 1.29. The van der Waals surface area contributed by atoms with Crippen molar-refractivity contribution in [3.05, 3.63) is 41.5 Å². The lowest BCUT2D eigenvalue weighted by atomic mass is 9.91. The third-order valence-corrected chi connectivity index (χ3v) is 4.79. The second kappa shape index (κ2) is 6.25. The summed E-state index contributed by atoms with van der Waals surface area (Å²) in [5, 5.41) is 6.52. The van der Waals surface area contributed by atoms with E-state index in [0.29, 0.717) is 22.2 Å². The van der Waals surface area contributed by atoms with Gasteiger partial charge in [0, 0.05) is 23.1 Å². The molecule has 134 valence electrons. The summed E-state index contributed by atoms with van der Waals surface area (Å²) in [7, 11) is 0. The molecule has 4 amide bonds. The molecule has 27 heavy (non-hydrogen) atoms. The van der Waals surface area contributed by atoms with E-state index in [0.717, 1.165) is 10.3 Å². The van der Waals surface area contributed by atoms with Crippen LogP contribution in [0, 0.1) is 12.3 Å². The quantitative estimate of drug-likeness (QED) is 0.634. The van der Waals surface area contributed by atoms with Crippen LogP contribution in [0.3, 0.4) is 0 Å². The summed E-state index contributed by atoms with van der Waals surface area (Å²) >= 11 is 0. The summed E-state index contributed by atoms with van der Waals surface area (Å²) in [6.07, 6.45) is 5.47. The number of hydrogen-bond donors (Lipinski definition) is 2. The Hall–Kier alpha value is -3.66. The highest BCUT2D eigenvalue weighted by Gasteiger charge is 2.42. The second-order valence-corrected chi connectivity index (χ2v) is 6.43. The van der Waals surface area contributed by atoms with E-state index in [4.69, 9.17) is 6.42 Å². The zero-order chi connectivity index (χ0) is 19.1. The summed E-state index contributed by atoms with van der Waals surface area (Å²) < 4.78 is 0. The summed E-state index contributed by atoms with van der Waals surface area (Å²) in [5.41, 5.74) is 1.33. The molecule has 0 bridgehead atoms. The molecular weight excluding hydrogens is 346 g/mol. The highest BCUT2D eigenvalue weighted by molar-refractivity contribution is 6.27. The minimum atomic E-state index is -1.01. The normalized spacial score (nSPS) is 19.1. The van der Waals surface area contributed by atoms with E-state index < -0.39 is 29.7 Å². The number of terminal acetylenes is 1. The molecule has 2 N–H and O–H groups in total. The average molecular weight is 361 g/mol. The van der Waals surface area contributed by atoms with Gasteiger partial charge in [-0.3, -0.25) is 29.4 Å². The van der Waals surface area contributed by atoms with Crippen LogP contribution in [0.15, 0.2) is 30.3 Å². The van der Waals surface area contributed by atoms with Crippen molar-refractivity contribution in [2.75, 3.05) is 11.9 Å². The predicted molar refractivity (Wildman–Crippen MR) is 97.9 cm³/mol. The van der Waals surface area contributed by atoms with Crippen LogP contribution in [0.1, 0.15) is 33.6 Å². The van der Waals surface area contributed by atoms with Crippen LogP contribution in [-0.2, 0) is 9.59 Å².